The highest BCUT2D eigenvalue weighted by Crippen LogP contribution is 2.08. The highest BCUT2D eigenvalue weighted by Gasteiger charge is 2.11. The van der Waals surface area contributed by atoms with Crippen molar-refractivity contribution in [2.45, 2.75) is 20.3 Å². The lowest BCUT2D eigenvalue weighted by Gasteiger charge is -2.16. The van der Waals surface area contributed by atoms with E-state index >= 15 is 0 Å². The van der Waals surface area contributed by atoms with E-state index in [9.17, 15) is 0 Å². The number of rotatable bonds is 2. The molecule has 0 aliphatic carbocycles. The molecule has 1 radical (unpaired) electrons. The molecule has 0 saturated carbocycles. The van der Waals surface area contributed by atoms with Gasteiger partial charge in [0.2, 0.25) is 0 Å². The van der Waals surface area contributed by atoms with Crippen LogP contribution < -0.4 is 0 Å². The molecular formula is C8H16N. The van der Waals surface area contributed by atoms with Crippen molar-refractivity contribution >= 4 is 0 Å². The molecule has 0 unspecified atom stereocenters. The standard InChI is InChI=1S/C8H16N/c1-8(2)7-9-5-3-4-6-9/h3,8H,4-7H2,1-2H3. The van der Waals surface area contributed by atoms with Crippen LogP contribution in [0, 0.1) is 12.3 Å². The SMILES string of the molecule is CC(C)CN1C[CH]CC1. The Hall–Kier alpha value is -0.0400. The van der Waals surface area contributed by atoms with Gasteiger partial charge in [-0.2, -0.15) is 0 Å². The van der Waals surface area contributed by atoms with Gasteiger partial charge in [0.25, 0.3) is 0 Å². The van der Waals surface area contributed by atoms with Gasteiger partial charge in [-0.3, -0.25) is 0 Å². The van der Waals surface area contributed by atoms with Crippen molar-refractivity contribution in [1.29, 1.82) is 0 Å². The Morgan fingerprint density at radius 3 is 2.78 bits per heavy atom. The molecule has 1 aliphatic heterocycles. The molecule has 1 heterocycles. The van der Waals surface area contributed by atoms with Crippen LogP contribution >= 0.6 is 0 Å². The van der Waals surface area contributed by atoms with Crippen molar-refractivity contribution in [3.63, 3.8) is 0 Å². The van der Waals surface area contributed by atoms with E-state index < -0.39 is 0 Å². The van der Waals surface area contributed by atoms with Gasteiger partial charge in [0.05, 0.1) is 0 Å². The van der Waals surface area contributed by atoms with Gasteiger partial charge in [-0.05, 0) is 25.3 Å². The third-order valence-corrected chi connectivity index (χ3v) is 1.66. The van der Waals surface area contributed by atoms with Gasteiger partial charge in [0.15, 0.2) is 0 Å². The highest BCUT2D eigenvalue weighted by molar-refractivity contribution is 4.80. The molecule has 1 rings (SSSR count). The molecule has 0 aromatic rings. The maximum Gasteiger partial charge on any atom is 0.00134 e. The summed E-state index contributed by atoms with van der Waals surface area (Å²) in [6, 6.07) is 0. The van der Waals surface area contributed by atoms with Crippen LogP contribution in [0.1, 0.15) is 20.3 Å². The smallest absolute Gasteiger partial charge is 0.00134 e. The minimum atomic E-state index is 0.830. The summed E-state index contributed by atoms with van der Waals surface area (Å²) in [5, 5.41) is 0. The Morgan fingerprint density at radius 1 is 1.56 bits per heavy atom. The predicted octanol–water partition coefficient (Wildman–Crippen LogP) is 1.55. The molecule has 0 amide bonds. The summed E-state index contributed by atoms with van der Waals surface area (Å²) in [5.74, 6) is 0.830. The van der Waals surface area contributed by atoms with Crippen molar-refractivity contribution < 1.29 is 0 Å². The second-order valence-corrected chi connectivity index (χ2v) is 3.23. The molecule has 53 valence electrons. The maximum atomic E-state index is 2.50. The lowest BCUT2D eigenvalue weighted by Crippen LogP contribution is -2.23. The second-order valence-electron chi connectivity index (χ2n) is 3.23. The van der Waals surface area contributed by atoms with Crippen molar-refractivity contribution in [3.8, 4) is 0 Å². The van der Waals surface area contributed by atoms with E-state index in [4.69, 9.17) is 0 Å². The summed E-state index contributed by atoms with van der Waals surface area (Å²) in [6.45, 7) is 8.34. The van der Waals surface area contributed by atoms with Gasteiger partial charge in [0, 0.05) is 13.1 Å². The largest absolute Gasteiger partial charge is 0.303 e. The third-order valence-electron chi connectivity index (χ3n) is 1.66. The van der Waals surface area contributed by atoms with Crippen LogP contribution in [0.3, 0.4) is 0 Å². The molecule has 0 aromatic heterocycles. The van der Waals surface area contributed by atoms with E-state index in [1.807, 2.05) is 0 Å². The molecule has 1 saturated heterocycles. The van der Waals surface area contributed by atoms with Crippen LogP contribution in [0.4, 0.5) is 0 Å². The zero-order valence-corrected chi connectivity index (χ0v) is 6.43. The summed E-state index contributed by atoms with van der Waals surface area (Å²) in [4.78, 5) is 2.50. The fourth-order valence-corrected chi connectivity index (χ4v) is 1.32. The Morgan fingerprint density at radius 2 is 2.33 bits per heavy atom. The molecule has 0 atom stereocenters. The second kappa shape index (κ2) is 3.21. The van der Waals surface area contributed by atoms with Crippen LogP contribution in [-0.2, 0) is 0 Å². The first-order valence-corrected chi connectivity index (χ1v) is 3.83. The lowest BCUT2D eigenvalue weighted by atomic mass is 10.2. The lowest BCUT2D eigenvalue weighted by molar-refractivity contribution is 0.303. The van der Waals surface area contributed by atoms with Crippen LogP contribution in [0.2, 0.25) is 0 Å². The minimum absolute atomic E-state index is 0.830. The van der Waals surface area contributed by atoms with Gasteiger partial charge in [-0.1, -0.05) is 13.8 Å². The first-order chi connectivity index (χ1) is 4.29. The van der Waals surface area contributed by atoms with E-state index in [-0.39, 0.29) is 0 Å². The van der Waals surface area contributed by atoms with Crippen molar-refractivity contribution in [1.82, 2.24) is 4.90 Å². The molecular weight excluding hydrogens is 110 g/mol. The third kappa shape index (κ3) is 2.35. The fraction of sp³-hybridized carbons (Fsp3) is 0.875. The Bertz CT molecular complexity index is 72.6. The summed E-state index contributed by atoms with van der Waals surface area (Å²) in [7, 11) is 0. The molecule has 0 N–H and O–H groups in total. The first kappa shape index (κ1) is 7.07. The molecule has 0 aromatic carbocycles. The quantitative estimate of drug-likeness (QED) is 0.542. The average molecular weight is 126 g/mol. The van der Waals surface area contributed by atoms with Gasteiger partial charge in [0.1, 0.15) is 0 Å². The van der Waals surface area contributed by atoms with Crippen LogP contribution in [-0.4, -0.2) is 24.5 Å². The molecule has 0 bridgehead atoms. The van der Waals surface area contributed by atoms with E-state index in [0.29, 0.717) is 0 Å². The zero-order chi connectivity index (χ0) is 6.69. The Balaban J connectivity index is 2.11. The topological polar surface area (TPSA) is 3.24 Å². The van der Waals surface area contributed by atoms with Gasteiger partial charge in [-0.25, -0.2) is 0 Å². The number of hydrogen-bond acceptors (Lipinski definition) is 1. The van der Waals surface area contributed by atoms with Crippen LogP contribution in [0.5, 0.6) is 0 Å². The van der Waals surface area contributed by atoms with E-state index in [1.54, 1.807) is 0 Å². The molecule has 1 heteroatoms. The summed E-state index contributed by atoms with van der Waals surface area (Å²) >= 11 is 0. The highest BCUT2D eigenvalue weighted by atomic mass is 15.1. The Kier molecular flexibility index (Phi) is 2.52. The maximum absolute atomic E-state index is 2.50. The molecule has 1 aliphatic rings. The van der Waals surface area contributed by atoms with Gasteiger partial charge < -0.3 is 4.90 Å². The number of nitrogens with zero attached hydrogens (tertiary/aromatic N) is 1. The fourth-order valence-electron chi connectivity index (χ4n) is 1.32. The van der Waals surface area contributed by atoms with Crippen LogP contribution in [0.25, 0.3) is 0 Å². The van der Waals surface area contributed by atoms with Crippen molar-refractivity contribution in [2.24, 2.45) is 5.92 Å². The zero-order valence-electron chi connectivity index (χ0n) is 6.43. The molecule has 0 spiro atoms. The molecule has 1 fully saturated rings. The molecule has 1 nitrogen and oxygen atoms in total. The van der Waals surface area contributed by atoms with E-state index in [2.05, 4.69) is 25.2 Å². The van der Waals surface area contributed by atoms with Gasteiger partial charge >= 0.3 is 0 Å². The first-order valence-electron chi connectivity index (χ1n) is 3.83. The summed E-state index contributed by atoms with van der Waals surface area (Å²) in [5.41, 5.74) is 0. The monoisotopic (exact) mass is 126 g/mol. The normalized spacial score (nSPS) is 21.7. The van der Waals surface area contributed by atoms with E-state index in [1.165, 1.54) is 26.1 Å². The number of likely N-dealkylation sites (tertiary alicyclic amines) is 1. The summed E-state index contributed by atoms with van der Waals surface area (Å²) < 4.78 is 0. The van der Waals surface area contributed by atoms with Crippen molar-refractivity contribution in [3.05, 3.63) is 6.42 Å². The van der Waals surface area contributed by atoms with Crippen LogP contribution in [0.15, 0.2) is 0 Å². The molecule has 9 heavy (non-hydrogen) atoms. The Labute approximate surface area is 58.0 Å². The number of hydrogen-bond donors (Lipinski definition) is 0. The van der Waals surface area contributed by atoms with Crippen molar-refractivity contribution in [2.75, 3.05) is 19.6 Å². The predicted molar refractivity (Wildman–Crippen MR) is 40.2 cm³/mol. The van der Waals surface area contributed by atoms with E-state index in [0.717, 1.165) is 5.92 Å². The average Bonchev–Trinajstić information content (AvgIpc) is 2.15. The summed E-state index contributed by atoms with van der Waals surface area (Å²) in [6.07, 6.45) is 3.66. The van der Waals surface area contributed by atoms with Gasteiger partial charge in [-0.15, -0.1) is 0 Å². The minimum Gasteiger partial charge on any atom is -0.303 e.